The van der Waals surface area contributed by atoms with Crippen LogP contribution in [0.5, 0.6) is 11.5 Å². The van der Waals surface area contributed by atoms with Gasteiger partial charge < -0.3 is 23.9 Å². The Morgan fingerprint density at radius 3 is 2.76 bits per heavy atom. The van der Waals surface area contributed by atoms with Gasteiger partial charge >= 0.3 is 0 Å². The van der Waals surface area contributed by atoms with Crippen molar-refractivity contribution in [1.82, 2.24) is 19.1 Å². The molecule has 1 saturated carbocycles. The minimum atomic E-state index is -0.0555. The van der Waals surface area contributed by atoms with E-state index >= 15 is 0 Å². The lowest BCUT2D eigenvalue weighted by molar-refractivity contribution is -0.116. The molecule has 1 aliphatic heterocycles. The maximum atomic E-state index is 13.5. The van der Waals surface area contributed by atoms with E-state index < -0.39 is 0 Å². The van der Waals surface area contributed by atoms with Crippen LogP contribution in [0.15, 0.2) is 53.6 Å². The summed E-state index contributed by atoms with van der Waals surface area (Å²) in [5.74, 6) is 2.40. The first kappa shape index (κ1) is 24.4. The highest BCUT2D eigenvalue weighted by Crippen LogP contribution is 2.41. The van der Waals surface area contributed by atoms with Gasteiger partial charge in [-0.05, 0) is 68.4 Å². The first-order valence-electron chi connectivity index (χ1n) is 13.1. The molecule has 0 amide bonds. The van der Waals surface area contributed by atoms with E-state index in [2.05, 4.69) is 10.3 Å². The number of anilines is 2. The zero-order valence-electron chi connectivity index (χ0n) is 21.6. The number of hydrogen-bond acceptors (Lipinski definition) is 7. The second-order valence-electron chi connectivity index (χ2n) is 10.3. The predicted octanol–water partition coefficient (Wildman–Crippen LogP) is 5.03. The molecule has 2 fully saturated rings. The standard InChI is InChI=1S/C29H31N5O4/c1-18(35)12-21-14-24(9-10-30-21)38-23-7-8-25-27(15-23)33(2)29(31-25)32-26-13-20(19-5-6-19)16-34(28(26)36)22-4-3-11-37-17-22/h7-10,13-16,19,22H,3-6,11-12,17H2,1-2H3,(H,31,32). The molecule has 196 valence electrons. The molecule has 2 aliphatic rings. The van der Waals surface area contributed by atoms with Crippen LogP contribution in [-0.2, 0) is 23.0 Å². The van der Waals surface area contributed by atoms with E-state index in [4.69, 9.17) is 14.5 Å². The third-order valence-corrected chi connectivity index (χ3v) is 7.20. The molecule has 9 heteroatoms. The van der Waals surface area contributed by atoms with Gasteiger partial charge in [0.05, 0.1) is 29.4 Å². The number of carbonyl (C=O) groups excluding carboxylic acids is 1. The van der Waals surface area contributed by atoms with Crippen LogP contribution in [0.25, 0.3) is 11.0 Å². The van der Waals surface area contributed by atoms with Gasteiger partial charge in [-0.2, -0.15) is 0 Å². The van der Waals surface area contributed by atoms with E-state index in [0.29, 0.717) is 41.4 Å². The fraction of sp³-hybridized carbons (Fsp3) is 0.379. The molecule has 1 aromatic carbocycles. The molecule has 38 heavy (non-hydrogen) atoms. The number of ether oxygens (including phenoxy) is 2. The van der Waals surface area contributed by atoms with E-state index in [1.807, 2.05) is 46.6 Å². The summed E-state index contributed by atoms with van der Waals surface area (Å²) in [4.78, 5) is 33.9. The summed E-state index contributed by atoms with van der Waals surface area (Å²) < 4.78 is 15.5. The fourth-order valence-electron chi connectivity index (χ4n) is 5.04. The topological polar surface area (TPSA) is 100 Å². The molecule has 1 aliphatic carbocycles. The third kappa shape index (κ3) is 5.06. The SMILES string of the molecule is CC(=O)Cc1cc(Oc2ccc3nc(Nc4cc(C5CC5)cn(C5CCCOC5)c4=O)n(C)c3c2)ccn1. The van der Waals surface area contributed by atoms with Crippen molar-refractivity contribution in [3.63, 3.8) is 0 Å². The van der Waals surface area contributed by atoms with Crippen molar-refractivity contribution in [3.05, 3.63) is 70.4 Å². The van der Waals surface area contributed by atoms with Crippen molar-refractivity contribution in [2.24, 2.45) is 7.05 Å². The van der Waals surface area contributed by atoms with Crippen molar-refractivity contribution in [2.45, 2.75) is 51.0 Å². The highest BCUT2D eigenvalue weighted by Gasteiger charge is 2.27. The summed E-state index contributed by atoms with van der Waals surface area (Å²) >= 11 is 0. The zero-order chi connectivity index (χ0) is 26.2. The van der Waals surface area contributed by atoms with E-state index in [1.54, 1.807) is 25.3 Å². The Kier molecular flexibility index (Phi) is 6.45. The van der Waals surface area contributed by atoms with Gasteiger partial charge in [-0.15, -0.1) is 0 Å². The number of fused-ring (bicyclic) bond motifs is 1. The minimum absolute atomic E-state index is 0.0486. The number of pyridine rings is 2. The van der Waals surface area contributed by atoms with E-state index in [1.165, 1.54) is 5.56 Å². The molecular weight excluding hydrogens is 482 g/mol. The molecule has 1 atom stereocenters. The molecule has 6 rings (SSSR count). The van der Waals surface area contributed by atoms with Crippen LogP contribution in [0.4, 0.5) is 11.6 Å². The smallest absolute Gasteiger partial charge is 0.274 e. The van der Waals surface area contributed by atoms with Crippen LogP contribution in [-0.4, -0.2) is 38.1 Å². The zero-order valence-corrected chi connectivity index (χ0v) is 21.6. The Hall–Kier alpha value is -3.98. The van der Waals surface area contributed by atoms with Crippen LogP contribution in [0.1, 0.15) is 55.8 Å². The van der Waals surface area contributed by atoms with Crippen LogP contribution in [0, 0.1) is 0 Å². The van der Waals surface area contributed by atoms with Crippen molar-refractivity contribution < 1.29 is 14.3 Å². The van der Waals surface area contributed by atoms with Gasteiger partial charge in [0.2, 0.25) is 5.95 Å². The second kappa shape index (κ2) is 10.1. The van der Waals surface area contributed by atoms with Gasteiger partial charge in [0.1, 0.15) is 23.0 Å². The van der Waals surface area contributed by atoms with Crippen LogP contribution < -0.4 is 15.6 Å². The van der Waals surface area contributed by atoms with Gasteiger partial charge in [0.25, 0.3) is 5.56 Å². The number of nitrogens with one attached hydrogen (secondary N) is 1. The summed E-state index contributed by atoms with van der Waals surface area (Å²) in [6, 6.07) is 11.2. The van der Waals surface area contributed by atoms with Gasteiger partial charge in [-0.25, -0.2) is 4.98 Å². The summed E-state index contributed by atoms with van der Waals surface area (Å²) in [6.07, 6.45) is 8.15. The Balaban J connectivity index is 1.29. The quantitative estimate of drug-likeness (QED) is 0.353. The number of ketones is 1. The number of hydrogen-bond donors (Lipinski definition) is 1. The molecule has 1 N–H and O–H groups in total. The van der Waals surface area contributed by atoms with Crippen molar-refractivity contribution in [2.75, 3.05) is 18.5 Å². The first-order valence-corrected chi connectivity index (χ1v) is 13.1. The van der Waals surface area contributed by atoms with Gasteiger partial charge in [0, 0.05) is 44.6 Å². The molecule has 0 radical (unpaired) electrons. The third-order valence-electron chi connectivity index (χ3n) is 7.20. The Morgan fingerprint density at radius 1 is 1.16 bits per heavy atom. The van der Waals surface area contributed by atoms with E-state index in [9.17, 15) is 9.59 Å². The summed E-state index contributed by atoms with van der Waals surface area (Å²) in [5, 5.41) is 3.32. The molecule has 0 spiro atoms. The molecule has 9 nitrogen and oxygen atoms in total. The average molecular weight is 514 g/mol. The molecule has 1 unspecified atom stereocenters. The number of imidazole rings is 1. The molecule has 1 saturated heterocycles. The number of aryl methyl sites for hydroxylation is 1. The lowest BCUT2D eigenvalue weighted by atomic mass is 10.1. The number of benzene rings is 1. The average Bonchev–Trinajstić information content (AvgIpc) is 3.71. The molecular formula is C29H31N5O4. The largest absolute Gasteiger partial charge is 0.457 e. The normalized spacial score (nSPS) is 17.5. The van der Waals surface area contributed by atoms with Crippen LogP contribution >= 0.6 is 0 Å². The summed E-state index contributed by atoms with van der Waals surface area (Å²) in [6.45, 7) is 2.86. The molecule has 4 heterocycles. The van der Waals surface area contributed by atoms with Crippen molar-refractivity contribution in [3.8, 4) is 11.5 Å². The van der Waals surface area contributed by atoms with Gasteiger partial charge in [0.15, 0.2) is 0 Å². The van der Waals surface area contributed by atoms with Crippen LogP contribution in [0.3, 0.4) is 0 Å². The number of nitrogens with zero attached hydrogens (tertiary/aromatic N) is 4. The molecule has 0 bridgehead atoms. The number of aromatic nitrogens is 4. The first-order chi connectivity index (χ1) is 18.4. The summed E-state index contributed by atoms with van der Waals surface area (Å²) in [5.41, 5.74) is 3.98. The van der Waals surface area contributed by atoms with E-state index in [0.717, 1.165) is 43.3 Å². The molecule has 3 aromatic heterocycles. The maximum absolute atomic E-state index is 13.5. The lowest BCUT2D eigenvalue weighted by Crippen LogP contribution is -2.31. The number of rotatable bonds is 8. The predicted molar refractivity (Wildman–Crippen MR) is 144 cm³/mol. The Bertz CT molecular complexity index is 1560. The van der Waals surface area contributed by atoms with E-state index in [-0.39, 0.29) is 23.8 Å². The molecule has 4 aromatic rings. The Morgan fingerprint density at radius 2 is 2.00 bits per heavy atom. The second-order valence-corrected chi connectivity index (χ2v) is 10.3. The highest BCUT2D eigenvalue weighted by atomic mass is 16.5. The summed E-state index contributed by atoms with van der Waals surface area (Å²) in [7, 11) is 1.91. The van der Waals surface area contributed by atoms with Crippen molar-refractivity contribution >= 4 is 28.5 Å². The Labute approximate surface area is 220 Å². The fourth-order valence-corrected chi connectivity index (χ4v) is 5.04. The number of carbonyl (C=O) groups is 1. The van der Waals surface area contributed by atoms with Gasteiger partial charge in [-0.1, -0.05) is 0 Å². The minimum Gasteiger partial charge on any atom is -0.457 e. The highest BCUT2D eigenvalue weighted by molar-refractivity contribution is 5.81. The number of Topliss-reactive ketones (excluding diaryl/α,β-unsaturated/α-hetero) is 1. The monoisotopic (exact) mass is 513 g/mol. The van der Waals surface area contributed by atoms with Gasteiger partial charge in [-0.3, -0.25) is 14.6 Å². The van der Waals surface area contributed by atoms with Crippen LogP contribution in [0.2, 0.25) is 0 Å². The van der Waals surface area contributed by atoms with Crippen molar-refractivity contribution in [1.29, 1.82) is 0 Å². The maximum Gasteiger partial charge on any atom is 0.274 e. The lowest BCUT2D eigenvalue weighted by Gasteiger charge is -2.25.